The van der Waals surface area contributed by atoms with E-state index in [4.69, 9.17) is 4.42 Å². The topological polar surface area (TPSA) is 62.5 Å². The van der Waals surface area contributed by atoms with E-state index < -0.39 is 6.10 Å². The van der Waals surface area contributed by atoms with E-state index in [9.17, 15) is 9.90 Å². The standard InChI is InChI=1S/C15H15NO3S/c17-12(13-5-3-7-19-13)8-16-15(18)11-9-20-14-6-2-1-4-10(11)14/h1-7,11-12,17H,8-9H2,(H,16,18). The van der Waals surface area contributed by atoms with Crippen LogP contribution in [0.1, 0.15) is 23.3 Å². The van der Waals surface area contributed by atoms with Crippen LogP contribution in [0.2, 0.25) is 0 Å². The molecule has 0 bridgehead atoms. The van der Waals surface area contributed by atoms with E-state index in [1.807, 2.05) is 24.3 Å². The molecule has 5 heteroatoms. The number of nitrogens with one attached hydrogen (secondary N) is 1. The lowest BCUT2D eigenvalue weighted by molar-refractivity contribution is -0.122. The molecule has 0 saturated carbocycles. The Morgan fingerprint density at radius 3 is 3.05 bits per heavy atom. The molecule has 2 atom stereocenters. The summed E-state index contributed by atoms with van der Waals surface area (Å²) in [4.78, 5) is 13.4. The lowest BCUT2D eigenvalue weighted by Gasteiger charge is -2.13. The van der Waals surface area contributed by atoms with Crippen LogP contribution in [-0.4, -0.2) is 23.3 Å². The molecule has 104 valence electrons. The molecular formula is C15H15NO3S. The minimum Gasteiger partial charge on any atom is -0.467 e. The number of aliphatic hydroxyl groups excluding tert-OH is 1. The number of carbonyl (C=O) groups is 1. The summed E-state index contributed by atoms with van der Waals surface area (Å²) in [5.74, 6) is 1.03. The largest absolute Gasteiger partial charge is 0.467 e. The molecule has 2 N–H and O–H groups in total. The molecule has 1 amide bonds. The van der Waals surface area contributed by atoms with Crippen LogP contribution in [0.4, 0.5) is 0 Å². The summed E-state index contributed by atoms with van der Waals surface area (Å²) in [7, 11) is 0. The van der Waals surface area contributed by atoms with Crippen molar-refractivity contribution >= 4 is 17.7 Å². The first-order valence-electron chi connectivity index (χ1n) is 6.46. The van der Waals surface area contributed by atoms with Crippen LogP contribution >= 0.6 is 11.8 Å². The Morgan fingerprint density at radius 2 is 2.25 bits per heavy atom. The van der Waals surface area contributed by atoms with Crippen molar-refractivity contribution < 1.29 is 14.3 Å². The molecule has 1 aliphatic heterocycles. The number of carbonyl (C=O) groups excluding carboxylic acids is 1. The van der Waals surface area contributed by atoms with E-state index in [0.29, 0.717) is 5.76 Å². The van der Waals surface area contributed by atoms with E-state index in [0.717, 1.165) is 11.3 Å². The highest BCUT2D eigenvalue weighted by molar-refractivity contribution is 7.99. The highest BCUT2D eigenvalue weighted by atomic mass is 32.2. The van der Waals surface area contributed by atoms with E-state index in [1.165, 1.54) is 11.2 Å². The zero-order valence-electron chi connectivity index (χ0n) is 10.8. The van der Waals surface area contributed by atoms with Gasteiger partial charge in [0.05, 0.1) is 18.7 Å². The molecule has 2 aromatic rings. The van der Waals surface area contributed by atoms with Gasteiger partial charge < -0.3 is 14.8 Å². The number of amides is 1. The number of furan rings is 1. The summed E-state index contributed by atoms with van der Waals surface area (Å²) in [5.41, 5.74) is 1.07. The second kappa shape index (κ2) is 5.73. The molecule has 0 aliphatic carbocycles. The second-order valence-electron chi connectivity index (χ2n) is 4.68. The molecule has 4 nitrogen and oxygen atoms in total. The number of benzene rings is 1. The van der Waals surface area contributed by atoms with Gasteiger partial charge in [-0.2, -0.15) is 0 Å². The molecule has 1 aromatic carbocycles. The van der Waals surface area contributed by atoms with E-state index in [2.05, 4.69) is 5.32 Å². The molecule has 3 rings (SSSR count). The number of hydrogen-bond donors (Lipinski definition) is 2. The average Bonchev–Trinajstić information content (AvgIpc) is 3.13. The Hall–Kier alpha value is -1.72. The summed E-state index contributed by atoms with van der Waals surface area (Å²) < 4.78 is 5.10. The first-order chi connectivity index (χ1) is 9.75. The second-order valence-corrected chi connectivity index (χ2v) is 5.74. The molecule has 0 spiro atoms. The molecule has 1 aromatic heterocycles. The summed E-state index contributed by atoms with van der Waals surface area (Å²) in [5, 5.41) is 12.7. The van der Waals surface area contributed by atoms with Crippen molar-refractivity contribution in [2.24, 2.45) is 0 Å². The Kier molecular flexibility index (Phi) is 3.80. The summed E-state index contributed by atoms with van der Waals surface area (Å²) in [6.07, 6.45) is 0.697. The van der Waals surface area contributed by atoms with Gasteiger partial charge in [-0.15, -0.1) is 11.8 Å². The SMILES string of the molecule is O=C(NCC(O)c1ccco1)C1CSc2ccccc21. The smallest absolute Gasteiger partial charge is 0.228 e. The zero-order valence-corrected chi connectivity index (χ0v) is 11.6. The third kappa shape index (κ3) is 2.59. The van der Waals surface area contributed by atoms with Crippen molar-refractivity contribution in [2.45, 2.75) is 16.9 Å². The average molecular weight is 289 g/mol. The Labute approximate surface area is 121 Å². The van der Waals surface area contributed by atoms with Crippen LogP contribution < -0.4 is 5.32 Å². The van der Waals surface area contributed by atoms with Crippen LogP contribution in [-0.2, 0) is 4.79 Å². The highest BCUT2D eigenvalue weighted by Gasteiger charge is 2.29. The minimum absolute atomic E-state index is 0.0481. The van der Waals surface area contributed by atoms with Gasteiger partial charge in [-0.05, 0) is 23.8 Å². The maximum atomic E-state index is 12.2. The van der Waals surface area contributed by atoms with Gasteiger partial charge in [0, 0.05) is 10.6 Å². The van der Waals surface area contributed by atoms with Gasteiger partial charge in [0.2, 0.25) is 5.91 Å². The maximum Gasteiger partial charge on any atom is 0.228 e. The third-order valence-electron chi connectivity index (χ3n) is 3.36. The molecule has 0 saturated heterocycles. The zero-order chi connectivity index (χ0) is 13.9. The monoisotopic (exact) mass is 289 g/mol. The third-order valence-corrected chi connectivity index (χ3v) is 4.54. The summed E-state index contributed by atoms with van der Waals surface area (Å²) >= 11 is 1.69. The van der Waals surface area contributed by atoms with Crippen molar-refractivity contribution in [1.29, 1.82) is 0 Å². The van der Waals surface area contributed by atoms with Gasteiger partial charge in [0.1, 0.15) is 11.9 Å². The van der Waals surface area contributed by atoms with Crippen molar-refractivity contribution in [3.05, 3.63) is 54.0 Å². The predicted molar refractivity (Wildman–Crippen MR) is 76.6 cm³/mol. The van der Waals surface area contributed by atoms with Gasteiger partial charge in [-0.25, -0.2) is 0 Å². The predicted octanol–water partition coefficient (Wildman–Crippen LogP) is 2.32. The van der Waals surface area contributed by atoms with E-state index in [1.54, 1.807) is 23.9 Å². The quantitative estimate of drug-likeness (QED) is 0.906. The normalized spacial score (nSPS) is 18.6. The minimum atomic E-state index is -0.807. The van der Waals surface area contributed by atoms with Crippen LogP contribution in [0.25, 0.3) is 0 Å². The number of fused-ring (bicyclic) bond motifs is 1. The van der Waals surface area contributed by atoms with Gasteiger partial charge in [-0.3, -0.25) is 4.79 Å². The van der Waals surface area contributed by atoms with Crippen molar-refractivity contribution in [3.63, 3.8) is 0 Å². The fraction of sp³-hybridized carbons (Fsp3) is 0.267. The van der Waals surface area contributed by atoms with Gasteiger partial charge in [-0.1, -0.05) is 18.2 Å². The van der Waals surface area contributed by atoms with E-state index in [-0.39, 0.29) is 18.4 Å². The van der Waals surface area contributed by atoms with Crippen LogP contribution in [0.5, 0.6) is 0 Å². The number of aliphatic hydroxyl groups is 1. The molecule has 0 radical (unpaired) electrons. The van der Waals surface area contributed by atoms with Crippen molar-refractivity contribution in [1.82, 2.24) is 5.32 Å². The molecule has 2 heterocycles. The number of hydrogen-bond acceptors (Lipinski definition) is 4. The highest BCUT2D eigenvalue weighted by Crippen LogP contribution is 2.39. The van der Waals surface area contributed by atoms with Crippen LogP contribution in [0.3, 0.4) is 0 Å². The van der Waals surface area contributed by atoms with Gasteiger partial charge >= 0.3 is 0 Å². The Bertz CT molecular complexity index is 597. The summed E-state index contributed by atoms with van der Waals surface area (Å²) in [6.45, 7) is 0.162. The van der Waals surface area contributed by atoms with Crippen molar-refractivity contribution in [2.75, 3.05) is 12.3 Å². The molecule has 0 fully saturated rings. The number of rotatable bonds is 4. The Balaban J connectivity index is 1.61. The fourth-order valence-electron chi connectivity index (χ4n) is 2.28. The van der Waals surface area contributed by atoms with Gasteiger partial charge in [0.15, 0.2) is 0 Å². The van der Waals surface area contributed by atoms with Crippen LogP contribution in [0.15, 0.2) is 52.0 Å². The van der Waals surface area contributed by atoms with Gasteiger partial charge in [0.25, 0.3) is 0 Å². The summed E-state index contributed by atoms with van der Waals surface area (Å²) in [6, 6.07) is 11.4. The Morgan fingerprint density at radius 1 is 1.40 bits per heavy atom. The van der Waals surface area contributed by atoms with Crippen molar-refractivity contribution in [3.8, 4) is 0 Å². The molecule has 1 aliphatic rings. The van der Waals surface area contributed by atoms with E-state index >= 15 is 0 Å². The first kappa shape index (κ1) is 13.3. The van der Waals surface area contributed by atoms with Crippen LogP contribution in [0, 0.1) is 0 Å². The lowest BCUT2D eigenvalue weighted by Crippen LogP contribution is -2.32. The molecular weight excluding hydrogens is 274 g/mol. The number of thioether (sulfide) groups is 1. The molecule has 2 unspecified atom stereocenters. The molecule has 20 heavy (non-hydrogen) atoms. The fourth-order valence-corrected chi connectivity index (χ4v) is 3.51. The maximum absolute atomic E-state index is 12.2. The first-order valence-corrected chi connectivity index (χ1v) is 7.45. The lowest BCUT2D eigenvalue weighted by atomic mass is 10.0.